The van der Waals surface area contributed by atoms with E-state index in [1.54, 1.807) is 34.6 Å². The highest BCUT2D eigenvalue weighted by Crippen LogP contribution is 2.11. The Balaban J connectivity index is 4.53. The summed E-state index contributed by atoms with van der Waals surface area (Å²) in [6, 6.07) is -0.383. The van der Waals surface area contributed by atoms with Crippen molar-refractivity contribution >= 4 is 23.7 Å². The van der Waals surface area contributed by atoms with Crippen LogP contribution in [0.2, 0.25) is 0 Å². The fraction of sp³-hybridized carbons (Fsp3) is 0.818. The molecule has 0 aliphatic rings. The second kappa shape index (κ2) is 6.69. The van der Waals surface area contributed by atoms with Crippen LogP contribution in [-0.2, 0) is 14.3 Å². The molecule has 0 aromatic carbocycles. The van der Waals surface area contributed by atoms with Crippen molar-refractivity contribution in [2.24, 2.45) is 0 Å². The molecular weight excluding hydrogens is 246 g/mol. The van der Waals surface area contributed by atoms with Crippen molar-refractivity contribution < 1.29 is 19.1 Å². The molecule has 17 heavy (non-hydrogen) atoms. The zero-order valence-corrected chi connectivity index (χ0v) is 11.7. The van der Waals surface area contributed by atoms with Gasteiger partial charge in [0.15, 0.2) is 6.07 Å². The number of nitrogens with zero attached hydrogens (tertiary/aromatic N) is 1. The molecule has 0 unspecified atom stereocenters. The summed E-state index contributed by atoms with van der Waals surface area (Å²) in [5, 5.41) is 0. The van der Waals surface area contributed by atoms with E-state index in [4.69, 9.17) is 16.3 Å². The number of alkyl halides is 1. The molecule has 0 saturated heterocycles. The predicted molar refractivity (Wildman–Crippen MR) is 64.9 cm³/mol. The van der Waals surface area contributed by atoms with Gasteiger partial charge in [0.2, 0.25) is 0 Å². The molecule has 0 radical (unpaired) electrons. The minimum atomic E-state index is -0.597. The second-order valence-corrected chi connectivity index (χ2v) is 5.05. The van der Waals surface area contributed by atoms with Crippen LogP contribution in [0.1, 0.15) is 34.6 Å². The number of amides is 1. The molecule has 100 valence electrons. The van der Waals surface area contributed by atoms with Gasteiger partial charge in [0.05, 0.1) is 0 Å². The Morgan fingerprint density at radius 3 is 2.18 bits per heavy atom. The number of halogens is 1. The zero-order chi connectivity index (χ0) is 13.6. The number of hydrogen-bond acceptors (Lipinski definition) is 4. The van der Waals surface area contributed by atoms with Crippen LogP contribution < -0.4 is 0 Å². The zero-order valence-electron chi connectivity index (χ0n) is 10.9. The average molecular weight is 266 g/mol. The van der Waals surface area contributed by atoms with Crippen molar-refractivity contribution in [2.45, 2.75) is 46.3 Å². The third-order valence-electron chi connectivity index (χ3n) is 1.77. The van der Waals surface area contributed by atoms with E-state index in [0.717, 1.165) is 0 Å². The van der Waals surface area contributed by atoms with Gasteiger partial charge < -0.3 is 9.47 Å². The molecule has 0 aliphatic carbocycles. The highest BCUT2D eigenvalue weighted by molar-refractivity contribution is 6.17. The summed E-state index contributed by atoms with van der Waals surface area (Å²) in [5.41, 5.74) is -0.597. The van der Waals surface area contributed by atoms with Gasteiger partial charge in [-0.05, 0) is 34.6 Å². The summed E-state index contributed by atoms with van der Waals surface area (Å²) in [4.78, 5) is 24.4. The van der Waals surface area contributed by atoms with Crippen LogP contribution in [0.25, 0.3) is 0 Å². The van der Waals surface area contributed by atoms with Crippen molar-refractivity contribution in [3.63, 3.8) is 0 Å². The summed E-state index contributed by atoms with van der Waals surface area (Å²) < 4.78 is 9.77. The van der Waals surface area contributed by atoms with Gasteiger partial charge in [0, 0.05) is 6.04 Å². The van der Waals surface area contributed by atoms with E-state index in [1.807, 2.05) is 0 Å². The fourth-order valence-electron chi connectivity index (χ4n) is 1.02. The highest BCUT2D eigenvalue weighted by atomic mass is 35.5. The Bertz CT molecular complexity index is 273. The van der Waals surface area contributed by atoms with Crippen LogP contribution in [0.4, 0.5) is 4.79 Å². The lowest BCUT2D eigenvalue weighted by Gasteiger charge is -2.29. The first-order valence-electron chi connectivity index (χ1n) is 5.38. The largest absolute Gasteiger partial charge is 0.448 e. The first kappa shape index (κ1) is 16.0. The van der Waals surface area contributed by atoms with Crippen molar-refractivity contribution in [3.8, 4) is 0 Å². The molecule has 0 aliphatic heterocycles. The van der Waals surface area contributed by atoms with Gasteiger partial charge >= 0.3 is 12.1 Å². The van der Waals surface area contributed by atoms with E-state index in [-0.39, 0.29) is 18.7 Å². The maximum Gasteiger partial charge on any atom is 0.411 e. The number of carbonyl (C=O) groups is 2. The molecule has 0 aromatic heterocycles. The Hall–Kier alpha value is -0.970. The topological polar surface area (TPSA) is 55.8 Å². The lowest BCUT2D eigenvalue weighted by Crippen LogP contribution is -2.44. The lowest BCUT2D eigenvalue weighted by molar-refractivity contribution is -0.143. The third-order valence-corrected chi connectivity index (χ3v) is 1.88. The third kappa shape index (κ3) is 7.05. The summed E-state index contributed by atoms with van der Waals surface area (Å²) in [6.07, 6.45) is -0.543. The maximum absolute atomic E-state index is 11.8. The van der Waals surface area contributed by atoms with E-state index in [1.165, 1.54) is 4.90 Å². The molecular formula is C11H20ClNO4. The molecule has 0 atom stereocenters. The van der Waals surface area contributed by atoms with E-state index in [9.17, 15) is 9.59 Å². The van der Waals surface area contributed by atoms with Crippen LogP contribution in [0, 0.1) is 0 Å². The van der Waals surface area contributed by atoms with Gasteiger partial charge in [-0.3, -0.25) is 9.69 Å². The van der Waals surface area contributed by atoms with Gasteiger partial charge in [-0.15, -0.1) is 0 Å². The number of rotatable bonds is 4. The molecule has 0 rings (SSSR count). The van der Waals surface area contributed by atoms with Crippen LogP contribution in [0.5, 0.6) is 0 Å². The number of esters is 1. The van der Waals surface area contributed by atoms with Crippen molar-refractivity contribution in [2.75, 3.05) is 12.6 Å². The predicted octanol–water partition coefficient (Wildman–Crippen LogP) is 2.37. The van der Waals surface area contributed by atoms with Crippen molar-refractivity contribution in [3.05, 3.63) is 0 Å². The molecule has 5 nitrogen and oxygen atoms in total. The van der Waals surface area contributed by atoms with Gasteiger partial charge in [0.25, 0.3) is 0 Å². The smallest absolute Gasteiger partial charge is 0.411 e. The highest BCUT2D eigenvalue weighted by Gasteiger charge is 2.26. The van der Waals surface area contributed by atoms with Crippen molar-refractivity contribution in [1.82, 2.24) is 4.90 Å². The quantitative estimate of drug-likeness (QED) is 0.578. The van der Waals surface area contributed by atoms with Crippen LogP contribution >= 0.6 is 11.6 Å². The van der Waals surface area contributed by atoms with E-state index >= 15 is 0 Å². The van der Waals surface area contributed by atoms with Crippen LogP contribution in [0.15, 0.2) is 0 Å². The Morgan fingerprint density at radius 2 is 1.82 bits per heavy atom. The van der Waals surface area contributed by atoms with Crippen molar-refractivity contribution in [1.29, 1.82) is 0 Å². The minimum absolute atomic E-state index is 0.160. The average Bonchev–Trinajstić information content (AvgIpc) is 2.11. The summed E-state index contributed by atoms with van der Waals surface area (Å²) in [6.45, 7) is 8.70. The van der Waals surface area contributed by atoms with Gasteiger partial charge in [-0.25, -0.2) is 4.79 Å². The number of hydrogen-bond donors (Lipinski definition) is 0. The second-order valence-electron chi connectivity index (χ2n) is 4.83. The molecule has 1 amide bonds. The van der Waals surface area contributed by atoms with E-state index < -0.39 is 17.7 Å². The van der Waals surface area contributed by atoms with Gasteiger partial charge in [-0.2, -0.15) is 0 Å². The minimum Gasteiger partial charge on any atom is -0.448 e. The molecule has 0 saturated carbocycles. The van der Waals surface area contributed by atoms with Crippen LogP contribution in [0.3, 0.4) is 0 Å². The maximum atomic E-state index is 11.8. The molecule has 0 spiro atoms. The molecule has 6 heteroatoms. The molecule has 0 aromatic rings. The summed E-state index contributed by atoms with van der Waals surface area (Å²) >= 11 is 5.27. The molecule has 0 fully saturated rings. The number of carbonyl (C=O) groups excluding carboxylic acids is 2. The van der Waals surface area contributed by atoms with Gasteiger partial charge in [-0.1, -0.05) is 11.6 Å². The number of ether oxygens (including phenoxy) is 2. The fourth-order valence-corrected chi connectivity index (χ4v) is 1.15. The first-order chi connectivity index (χ1) is 7.67. The standard InChI is InChI=1S/C11H20ClNO4/c1-8(2)13(6-9(14)16-7-12)10(15)17-11(3,4)5/h8H,6-7H2,1-5H3. The Kier molecular flexibility index (Phi) is 6.31. The SMILES string of the molecule is CC(C)N(CC(=O)OCCl)C(=O)OC(C)(C)C. The van der Waals surface area contributed by atoms with Crippen LogP contribution in [-0.4, -0.2) is 41.2 Å². The summed E-state index contributed by atoms with van der Waals surface area (Å²) in [5.74, 6) is -0.556. The lowest BCUT2D eigenvalue weighted by atomic mass is 10.2. The molecule has 0 heterocycles. The normalized spacial score (nSPS) is 11.2. The Labute approximate surface area is 107 Å². The first-order valence-corrected chi connectivity index (χ1v) is 5.92. The monoisotopic (exact) mass is 265 g/mol. The van der Waals surface area contributed by atoms with E-state index in [0.29, 0.717) is 0 Å². The molecule has 0 N–H and O–H groups in total. The Morgan fingerprint density at radius 1 is 1.29 bits per heavy atom. The van der Waals surface area contributed by atoms with Gasteiger partial charge in [0.1, 0.15) is 12.1 Å². The molecule has 0 bridgehead atoms. The van der Waals surface area contributed by atoms with E-state index in [2.05, 4.69) is 4.74 Å². The summed E-state index contributed by atoms with van der Waals surface area (Å²) in [7, 11) is 0.